The van der Waals surface area contributed by atoms with Crippen LogP contribution in [-0.4, -0.2) is 60.9 Å². The van der Waals surface area contributed by atoms with Crippen LogP contribution in [0.2, 0.25) is 0 Å². The predicted molar refractivity (Wildman–Crippen MR) is 103 cm³/mol. The van der Waals surface area contributed by atoms with E-state index in [4.69, 9.17) is 0 Å². The molecular weight excluding hydrogens is 336 g/mol. The first-order valence-electron chi connectivity index (χ1n) is 8.49. The summed E-state index contributed by atoms with van der Waals surface area (Å²) in [6.07, 6.45) is 3.12. The van der Waals surface area contributed by atoms with Crippen LogP contribution < -0.4 is 16.1 Å². The number of aromatic amines is 1. The Bertz CT molecular complexity index is 677. The number of rotatable bonds is 5. The first-order chi connectivity index (χ1) is 12.2. The van der Waals surface area contributed by atoms with Crippen LogP contribution in [0.25, 0.3) is 0 Å². The van der Waals surface area contributed by atoms with Crippen LogP contribution in [0.1, 0.15) is 37.6 Å². The van der Waals surface area contributed by atoms with Crippen molar-refractivity contribution in [1.29, 1.82) is 0 Å². The maximum atomic E-state index is 11.8. The number of Topliss-reactive ketones (excluding diaryl/α,β-unsaturated/α-hetero) is 1. The van der Waals surface area contributed by atoms with Gasteiger partial charge < -0.3 is 25.6 Å². The molecule has 0 amide bonds. The van der Waals surface area contributed by atoms with Gasteiger partial charge in [0.2, 0.25) is 11.2 Å². The smallest absolute Gasteiger partial charge is 0.215 e. The Kier molecular flexibility index (Phi) is 10.9. The Morgan fingerprint density at radius 2 is 1.73 bits per heavy atom. The Hall–Kier alpha value is -2.45. The minimum Gasteiger partial charge on any atom is -0.384 e. The summed E-state index contributed by atoms with van der Waals surface area (Å²) < 4.78 is 0. The molecular formula is C18H30N4O4. The summed E-state index contributed by atoms with van der Waals surface area (Å²) in [6, 6.07) is 0. The number of H-pyrrole nitrogens is 1. The lowest BCUT2D eigenvalue weighted by Gasteiger charge is -2.29. The topological polar surface area (TPSA) is 115 Å². The average Bonchev–Trinajstić information content (AvgIpc) is 2.59. The second-order valence-corrected chi connectivity index (χ2v) is 6.03. The fraction of sp³-hybridized carbons (Fsp3) is 0.500. The highest BCUT2D eigenvalue weighted by Gasteiger charge is 2.38. The Labute approximate surface area is 154 Å². The van der Waals surface area contributed by atoms with Crippen molar-refractivity contribution in [3.63, 3.8) is 0 Å². The standard InChI is InChI=1S/C12H13N3O4.C3H9N.C3H8/c1-2-14-8-9(12(19)11(8)18)15-7-4-13-3-6(5-16)10(7)17;1-4(2)3;1-3-2/h3-5,11,14-15,18H,2H2,1H3,(H,13,17);1-3H3;3H2,1-2H3. The quantitative estimate of drug-likeness (QED) is 0.574. The number of anilines is 1. The van der Waals surface area contributed by atoms with Crippen molar-refractivity contribution < 1.29 is 14.7 Å². The van der Waals surface area contributed by atoms with Crippen LogP contribution in [0.5, 0.6) is 0 Å². The highest BCUT2D eigenvalue weighted by atomic mass is 16.3. The van der Waals surface area contributed by atoms with Crippen molar-refractivity contribution in [3.8, 4) is 0 Å². The molecule has 0 radical (unpaired) electrons. The normalized spacial score (nSPS) is 15.2. The molecule has 2 rings (SSSR count). The van der Waals surface area contributed by atoms with E-state index in [1.54, 1.807) is 0 Å². The van der Waals surface area contributed by atoms with Crippen LogP contribution in [0, 0.1) is 0 Å². The van der Waals surface area contributed by atoms with E-state index in [1.165, 1.54) is 18.8 Å². The maximum absolute atomic E-state index is 11.8. The molecule has 1 heterocycles. The van der Waals surface area contributed by atoms with Gasteiger partial charge in [-0.15, -0.1) is 0 Å². The Morgan fingerprint density at radius 1 is 1.19 bits per heavy atom. The van der Waals surface area contributed by atoms with Gasteiger partial charge in [0.05, 0.1) is 11.3 Å². The van der Waals surface area contributed by atoms with E-state index in [-0.39, 0.29) is 16.9 Å². The average molecular weight is 366 g/mol. The molecule has 0 saturated carbocycles. The van der Waals surface area contributed by atoms with E-state index in [0.29, 0.717) is 18.5 Å². The molecule has 1 aliphatic rings. The van der Waals surface area contributed by atoms with Gasteiger partial charge in [0.25, 0.3) is 0 Å². The number of carbonyl (C=O) groups is 2. The van der Waals surface area contributed by atoms with Crippen molar-refractivity contribution in [1.82, 2.24) is 15.2 Å². The summed E-state index contributed by atoms with van der Waals surface area (Å²) in [5.74, 6) is -0.494. The van der Waals surface area contributed by atoms with Gasteiger partial charge >= 0.3 is 0 Å². The summed E-state index contributed by atoms with van der Waals surface area (Å²) in [4.78, 5) is 38.6. The van der Waals surface area contributed by atoms with Gasteiger partial charge in [-0.25, -0.2) is 0 Å². The molecule has 8 heteroatoms. The Balaban J connectivity index is 0.000000770. The first-order valence-corrected chi connectivity index (χ1v) is 8.49. The summed E-state index contributed by atoms with van der Waals surface area (Å²) >= 11 is 0. The zero-order chi connectivity index (χ0) is 20.3. The largest absolute Gasteiger partial charge is 0.384 e. The third kappa shape index (κ3) is 6.81. The molecule has 146 valence electrons. The molecule has 26 heavy (non-hydrogen) atoms. The first kappa shape index (κ1) is 23.5. The molecule has 8 nitrogen and oxygen atoms in total. The molecule has 4 N–H and O–H groups in total. The number of carbonyl (C=O) groups excluding carboxylic acids is 2. The number of nitrogens with zero attached hydrogens (tertiary/aromatic N) is 1. The van der Waals surface area contributed by atoms with Gasteiger partial charge in [-0.1, -0.05) is 20.3 Å². The summed E-state index contributed by atoms with van der Waals surface area (Å²) in [5.41, 5.74) is 0.0239. The van der Waals surface area contributed by atoms with Crippen molar-refractivity contribution in [2.45, 2.75) is 33.3 Å². The second-order valence-electron chi connectivity index (χ2n) is 6.03. The number of likely N-dealkylation sites (N-methyl/N-ethyl adjacent to an activating group) is 1. The second kappa shape index (κ2) is 12.0. The molecule has 0 aromatic carbocycles. The highest BCUT2D eigenvalue weighted by Crippen LogP contribution is 2.23. The molecule has 0 saturated heterocycles. The van der Waals surface area contributed by atoms with Crippen LogP contribution >= 0.6 is 0 Å². The molecule has 1 atom stereocenters. The number of hydrogen-bond donors (Lipinski definition) is 4. The monoisotopic (exact) mass is 366 g/mol. The van der Waals surface area contributed by atoms with Gasteiger partial charge in [-0.2, -0.15) is 0 Å². The minimum atomic E-state index is -1.18. The summed E-state index contributed by atoms with van der Waals surface area (Å²) in [7, 11) is 6.00. The third-order valence-corrected chi connectivity index (χ3v) is 2.76. The lowest BCUT2D eigenvalue weighted by Crippen LogP contribution is -2.46. The zero-order valence-electron chi connectivity index (χ0n) is 16.3. The molecule has 0 spiro atoms. The molecule has 1 aromatic rings. The molecule has 1 aliphatic carbocycles. The Morgan fingerprint density at radius 3 is 2.19 bits per heavy atom. The van der Waals surface area contributed by atoms with Crippen molar-refractivity contribution in [2.24, 2.45) is 0 Å². The van der Waals surface area contributed by atoms with Gasteiger partial charge in [0, 0.05) is 18.9 Å². The highest BCUT2D eigenvalue weighted by molar-refractivity contribution is 6.10. The number of aromatic nitrogens is 1. The van der Waals surface area contributed by atoms with Gasteiger partial charge in [0.1, 0.15) is 11.4 Å². The van der Waals surface area contributed by atoms with Crippen LogP contribution in [0.3, 0.4) is 0 Å². The molecule has 0 fully saturated rings. The fourth-order valence-electron chi connectivity index (χ4n) is 1.78. The van der Waals surface area contributed by atoms with E-state index < -0.39 is 17.3 Å². The number of aliphatic hydroxyl groups is 1. The molecule has 1 unspecified atom stereocenters. The van der Waals surface area contributed by atoms with Crippen molar-refractivity contribution >= 4 is 17.8 Å². The SMILES string of the molecule is CCC.CCNC1=C(Nc2c[nH]cc(C=O)c2=O)C(=O)C1O.CN(C)C. The van der Waals surface area contributed by atoms with E-state index >= 15 is 0 Å². The van der Waals surface area contributed by atoms with Gasteiger partial charge in [-0.3, -0.25) is 14.4 Å². The number of pyridine rings is 1. The summed E-state index contributed by atoms with van der Waals surface area (Å²) in [5, 5.41) is 15.0. The van der Waals surface area contributed by atoms with Crippen LogP contribution in [0.4, 0.5) is 5.69 Å². The van der Waals surface area contributed by atoms with Gasteiger partial charge in [0.15, 0.2) is 12.4 Å². The summed E-state index contributed by atoms with van der Waals surface area (Å²) in [6.45, 7) is 6.61. The number of nitrogens with one attached hydrogen (secondary N) is 3. The lowest BCUT2D eigenvalue weighted by atomic mass is 9.94. The lowest BCUT2D eigenvalue weighted by molar-refractivity contribution is -0.124. The number of aldehydes is 1. The third-order valence-electron chi connectivity index (χ3n) is 2.76. The fourth-order valence-corrected chi connectivity index (χ4v) is 1.78. The van der Waals surface area contributed by atoms with Crippen LogP contribution in [0.15, 0.2) is 28.6 Å². The van der Waals surface area contributed by atoms with E-state index in [1.807, 2.05) is 33.0 Å². The van der Waals surface area contributed by atoms with Crippen LogP contribution in [-0.2, 0) is 4.79 Å². The van der Waals surface area contributed by atoms with E-state index in [9.17, 15) is 19.5 Å². The minimum absolute atomic E-state index is 0.0390. The van der Waals surface area contributed by atoms with Gasteiger partial charge in [-0.05, 0) is 28.1 Å². The number of hydrogen-bond acceptors (Lipinski definition) is 7. The molecule has 0 aliphatic heterocycles. The predicted octanol–water partition coefficient (Wildman–Crippen LogP) is 0.958. The zero-order valence-corrected chi connectivity index (χ0v) is 16.3. The number of ketones is 1. The molecule has 0 bridgehead atoms. The number of aliphatic hydroxyl groups excluding tert-OH is 1. The van der Waals surface area contributed by atoms with E-state index in [0.717, 1.165) is 0 Å². The molecule has 1 aromatic heterocycles. The van der Waals surface area contributed by atoms with E-state index in [2.05, 4.69) is 29.5 Å². The van der Waals surface area contributed by atoms with Crippen molar-refractivity contribution in [3.05, 3.63) is 39.6 Å². The van der Waals surface area contributed by atoms with Crippen molar-refractivity contribution in [2.75, 3.05) is 33.0 Å². The maximum Gasteiger partial charge on any atom is 0.215 e.